The number of benzene rings is 3. The molecule has 2 N–H and O–H groups in total. The molecule has 2 amide bonds. The number of hydrogen-bond donors (Lipinski definition) is 2. The Morgan fingerprint density at radius 3 is 2.29 bits per heavy atom. The molecule has 4 rings (SSSR count). The smallest absolute Gasteiger partial charge is 0.269 e. The van der Waals surface area contributed by atoms with Gasteiger partial charge in [-0.3, -0.25) is 19.7 Å². The zero-order valence-corrected chi connectivity index (χ0v) is 18.6. The second-order valence-electron chi connectivity index (χ2n) is 7.77. The number of nitriles is 1. The van der Waals surface area contributed by atoms with Crippen LogP contribution < -0.4 is 10.6 Å². The number of amidine groups is 1. The number of carbonyl (C=O) groups excluding carboxylic acids is 2. The van der Waals surface area contributed by atoms with Crippen molar-refractivity contribution in [2.24, 2.45) is 4.99 Å². The lowest BCUT2D eigenvalue weighted by atomic mass is 10.0. The number of aliphatic imine (C=N–C) groups is 1. The number of carbonyl (C=O) groups is 2. The number of rotatable bonds is 5. The van der Waals surface area contributed by atoms with E-state index in [0.717, 1.165) is 11.1 Å². The van der Waals surface area contributed by atoms with E-state index < -0.39 is 16.7 Å². The molecule has 1 heterocycles. The Morgan fingerprint density at radius 2 is 1.66 bits per heavy atom. The summed E-state index contributed by atoms with van der Waals surface area (Å²) in [4.78, 5) is 40.3. The molecule has 0 saturated heterocycles. The summed E-state index contributed by atoms with van der Waals surface area (Å²) in [5.41, 5.74) is 3.12. The first-order valence-corrected chi connectivity index (χ1v) is 10.6. The fourth-order valence-corrected chi connectivity index (χ4v) is 3.52. The van der Waals surface area contributed by atoms with Gasteiger partial charge in [-0.2, -0.15) is 5.26 Å². The molecule has 0 aliphatic carbocycles. The van der Waals surface area contributed by atoms with Crippen LogP contribution in [0.15, 0.2) is 83.4 Å². The third-order valence-corrected chi connectivity index (χ3v) is 5.38. The van der Waals surface area contributed by atoms with Gasteiger partial charge in [0.2, 0.25) is 0 Å². The molecular formula is C26H19N5O4. The maximum Gasteiger partial charge on any atom is 0.269 e. The maximum absolute atomic E-state index is 12.8. The van der Waals surface area contributed by atoms with Crippen LogP contribution in [0, 0.1) is 28.4 Å². The lowest BCUT2D eigenvalue weighted by Gasteiger charge is -2.07. The van der Waals surface area contributed by atoms with E-state index in [1.165, 1.54) is 24.3 Å². The summed E-state index contributed by atoms with van der Waals surface area (Å²) >= 11 is 0. The summed E-state index contributed by atoms with van der Waals surface area (Å²) < 4.78 is 0. The normalized spacial score (nSPS) is 13.2. The molecule has 3 aromatic carbocycles. The fourth-order valence-electron chi connectivity index (χ4n) is 3.52. The number of nitrogens with zero attached hydrogens (tertiary/aromatic N) is 3. The summed E-state index contributed by atoms with van der Waals surface area (Å²) in [5, 5.41) is 26.0. The van der Waals surface area contributed by atoms with Gasteiger partial charge in [-0.25, -0.2) is 4.99 Å². The van der Waals surface area contributed by atoms with Gasteiger partial charge in [0.1, 0.15) is 17.5 Å². The number of nitrogens with one attached hydrogen (secondary N) is 2. The number of amides is 2. The highest BCUT2D eigenvalue weighted by molar-refractivity contribution is 6.20. The van der Waals surface area contributed by atoms with Crippen LogP contribution in [0.2, 0.25) is 0 Å². The highest BCUT2D eigenvalue weighted by Gasteiger charge is 2.27. The average molecular weight is 465 g/mol. The molecule has 0 fully saturated rings. The van der Waals surface area contributed by atoms with Crippen molar-refractivity contribution in [3.63, 3.8) is 0 Å². The van der Waals surface area contributed by atoms with Crippen LogP contribution in [0.1, 0.15) is 32.6 Å². The second-order valence-corrected chi connectivity index (χ2v) is 7.77. The van der Waals surface area contributed by atoms with Gasteiger partial charge in [0.05, 0.1) is 10.6 Å². The van der Waals surface area contributed by atoms with E-state index in [0.29, 0.717) is 11.1 Å². The fraction of sp³-hybridized carbons (Fsp3) is 0.0769. The Balaban J connectivity index is 1.60. The number of fused-ring (bicyclic) bond motifs is 1. The van der Waals surface area contributed by atoms with Gasteiger partial charge in [-0.05, 0) is 24.6 Å². The Bertz CT molecular complexity index is 1430. The summed E-state index contributed by atoms with van der Waals surface area (Å²) in [6.45, 7) is 2.21. The number of hydrogen-bond acceptors (Lipinski definition) is 6. The van der Waals surface area contributed by atoms with Crippen LogP contribution in [0.3, 0.4) is 0 Å². The van der Waals surface area contributed by atoms with E-state index in [4.69, 9.17) is 0 Å². The molecule has 9 nitrogen and oxygen atoms in total. The molecule has 0 spiro atoms. The molecule has 3 aromatic rings. The SMILES string of the molecule is Cc1ccc(CNC(=O)/C(C#N)=C2\N=C(NC(=O)c3ccc([N+](=O)[O-])cc3)c3ccccc32)cc1. The Labute approximate surface area is 200 Å². The van der Waals surface area contributed by atoms with E-state index in [-0.39, 0.29) is 34.9 Å². The minimum atomic E-state index is -0.579. The highest BCUT2D eigenvalue weighted by atomic mass is 16.6. The minimum absolute atomic E-state index is 0.134. The van der Waals surface area contributed by atoms with Crippen LogP contribution in [0.5, 0.6) is 0 Å². The number of nitro benzene ring substituents is 1. The predicted octanol–water partition coefficient (Wildman–Crippen LogP) is 3.64. The van der Waals surface area contributed by atoms with Gasteiger partial charge in [0, 0.05) is 35.4 Å². The van der Waals surface area contributed by atoms with Crippen LogP contribution in [0.25, 0.3) is 5.70 Å². The Hall–Kier alpha value is -5.10. The van der Waals surface area contributed by atoms with Crippen LogP contribution in [-0.4, -0.2) is 22.6 Å². The largest absolute Gasteiger partial charge is 0.347 e. The number of non-ortho nitro benzene ring substituents is 1. The number of aryl methyl sites for hydroxylation is 1. The molecule has 0 bridgehead atoms. The van der Waals surface area contributed by atoms with Crippen LogP contribution >= 0.6 is 0 Å². The van der Waals surface area contributed by atoms with Crippen molar-refractivity contribution >= 4 is 29.0 Å². The molecule has 1 aliphatic heterocycles. The zero-order valence-electron chi connectivity index (χ0n) is 18.6. The van der Waals surface area contributed by atoms with E-state index in [9.17, 15) is 25.0 Å². The van der Waals surface area contributed by atoms with E-state index in [1.807, 2.05) is 37.3 Å². The first-order valence-electron chi connectivity index (χ1n) is 10.6. The lowest BCUT2D eigenvalue weighted by Crippen LogP contribution is -2.30. The molecule has 0 aromatic heterocycles. The van der Waals surface area contributed by atoms with Gasteiger partial charge in [0.15, 0.2) is 0 Å². The summed E-state index contributed by atoms with van der Waals surface area (Å²) in [6, 6.07) is 21.7. The molecule has 0 unspecified atom stereocenters. The van der Waals surface area contributed by atoms with Gasteiger partial charge in [0.25, 0.3) is 17.5 Å². The summed E-state index contributed by atoms with van der Waals surface area (Å²) in [7, 11) is 0. The minimum Gasteiger partial charge on any atom is -0.347 e. The van der Waals surface area contributed by atoms with Crippen molar-refractivity contribution in [1.29, 1.82) is 5.26 Å². The molecule has 9 heteroatoms. The molecule has 35 heavy (non-hydrogen) atoms. The van der Waals surface area contributed by atoms with Crippen molar-refractivity contribution in [3.05, 3.63) is 116 Å². The molecule has 172 valence electrons. The maximum atomic E-state index is 12.8. The van der Waals surface area contributed by atoms with Gasteiger partial charge in [-0.1, -0.05) is 54.1 Å². The van der Waals surface area contributed by atoms with E-state index in [1.54, 1.807) is 24.3 Å². The van der Waals surface area contributed by atoms with Crippen molar-refractivity contribution in [3.8, 4) is 6.07 Å². The van der Waals surface area contributed by atoms with Crippen molar-refractivity contribution in [2.75, 3.05) is 0 Å². The van der Waals surface area contributed by atoms with Gasteiger partial charge in [-0.15, -0.1) is 0 Å². The molecule has 0 atom stereocenters. The standard InChI is InChI=1S/C26H19N5O4/c1-16-6-8-17(9-7-16)15-28-26(33)22(14-27)23-20-4-2-3-5-21(20)24(29-23)30-25(32)18-10-12-19(13-11-18)31(34)35/h2-13H,15H2,1H3,(H,28,33)(H,29,30,32)/b23-22-. The Morgan fingerprint density at radius 1 is 1.00 bits per heavy atom. The first kappa shape index (κ1) is 23.1. The molecule has 1 aliphatic rings. The van der Waals surface area contributed by atoms with E-state index >= 15 is 0 Å². The van der Waals surface area contributed by atoms with Crippen molar-refractivity contribution in [2.45, 2.75) is 13.5 Å². The average Bonchev–Trinajstić information content (AvgIpc) is 3.22. The third kappa shape index (κ3) is 4.96. The highest BCUT2D eigenvalue weighted by Crippen LogP contribution is 2.30. The van der Waals surface area contributed by atoms with Crippen molar-refractivity contribution in [1.82, 2.24) is 10.6 Å². The molecule has 0 saturated carbocycles. The number of nitro groups is 1. The summed E-state index contributed by atoms with van der Waals surface area (Å²) in [5.74, 6) is -0.931. The molecule has 0 radical (unpaired) electrons. The van der Waals surface area contributed by atoms with Crippen LogP contribution in [-0.2, 0) is 11.3 Å². The zero-order chi connectivity index (χ0) is 24.9. The predicted molar refractivity (Wildman–Crippen MR) is 129 cm³/mol. The first-order chi connectivity index (χ1) is 16.9. The van der Waals surface area contributed by atoms with Crippen LogP contribution in [0.4, 0.5) is 5.69 Å². The lowest BCUT2D eigenvalue weighted by molar-refractivity contribution is -0.384. The Kier molecular flexibility index (Phi) is 6.46. The molecular weight excluding hydrogens is 446 g/mol. The van der Waals surface area contributed by atoms with Gasteiger partial charge >= 0.3 is 0 Å². The topological polar surface area (TPSA) is 137 Å². The van der Waals surface area contributed by atoms with Gasteiger partial charge < -0.3 is 10.6 Å². The third-order valence-electron chi connectivity index (χ3n) is 5.38. The monoisotopic (exact) mass is 465 g/mol. The van der Waals surface area contributed by atoms with E-state index in [2.05, 4.69) is 15.6 Å². The second kappa shape index (κ2) is 9.80. The quantitative estimate of drug-likeness (QED) is 0.256. The summed E-state index contributed by atoms with van der Waals surface area (Å²) in [6.07, 6.45) is 0. The van der Waals surface area contributed by atoms with Crippen molar-refractivity contribution < 1.29 is 14.5 Å².